The van der Waals surface area contributed by atoms with Crippen molar-refractivity contribution in [2.45, 2.75) is 76.4 Å². The Morgan fingerprint density at radius 2 is 1.54 bits per heavy atom. The standard InChI is InChI=1S/C26H38N4O11/c1-20(24(31)28-15-9-12-23(28)26(33)39-17-6-8-19-41-30(36)37)27-22(14-13-21-10-3-2-4-11-21)25(32)38-16-5-7-18-40-29(34)35/h2-4,10-11,20,22-23,27H,5-9,12-19H2,1H3. The topological polar surface area (TPSA) is 190 Å². The third kappa shape index (κ3) is 12.8. The van der Waals surface area contributed by atoms with Gasteiger partial charge >= 0.3 is 11.9 Å². The molecule has 41 heavy (non-hydrogen) atoms. The van der Waals surface area contributed by atoms with Crippen molar-refractivity contribution >= 4 is 17.8 Å². The Morgan fingerprint density at radius 3 is 2.15 bits per heavy atom. The predicted octanol–water partition coefficient (Wildman–Crippen LogP) is 2.02. The van der Waals surface area contributed by atoms with Gasteiger partial charge in [0.25, 0.3) is 10.2 Å². The van der Waals surface area contributed by atoms with Crippen LogP contribution >= 0.6 is 0 Å². The average molecular weight is 583 g/mol. The number of benzene rings is 1. The number of rotatable bonds is 20. The van der Waals surface area contributed by atoms with Gasteiger partial charge in [-0.15, -0.1) is 20.2 Å². The molecule has 2 rings (SSSR count). The Balaban J connectivity index is 1.90. The van der Waals surface area contributed by atoms with Gasteiger partial charge in [-0.25, -0.2) is 4.79 Å². The average Bonchev–Trinajstić information content (AvgIpc) is 3.44. The quantitative estimate of drug-likeness (QED) is 0.102. The number of unbranched alkanes of at least 4 members (excludes halogenated alkanes) is 2. The predicted molar refractivity (Wildman–Crippen MR) is 142 cm³/mol. The molecule has 1 amide bonds. The number of nitrogens with zero attached hydrogens (tertiary/aromatic N) is 3. The van der Waals surface area contributed by atoms with Crippen LogP contribution in [0.4, 0.5) is 0 Å². The van der Waals surface area contributed by atoms with E-state index in [0.717, 1.165) is 5.56 Å². The molecule has 0 spiro atoms. The third-order valence-corrected chi connectivity index (χ3v) is 6.44. The summed E-state index contributed by atoms with van der Waals surface area (Å²) in [5.41, 5.74) is 1.01. The number of esters is 2. The highest BCUT2D eigenvalue weighted by Crippen LogP contribution is 2.20. The summed E-state index contributed by atoms with van der Waals surface area (Å²) in [6.07, 6.45) is 3.41. The van der Waals surface area contributed by atoms with Gasteiger partial charge in [0.05, 0.1) is 32.5 Å². The number of aryl methyl sites for hydroxylation is 1. The SMILES string of the molecule is CC(NC(CCc1ccccc1)C(=O)OCCCCO[N+](=O)[O-])C(=O)N1CCCC1C(=O)OCCCCO[N+](=O)[O-]. The smallest absolute Gasteiger partial charge is 0.328 e. The summed E-state index contributed by atoms with van der Waals surface area (Å²) in [5.74, 6) is -1.44. The summed E-state index contributed by atoms with van der Waals surface area (Å²) < 4.78 is 10.7. The first kappa shape index (κ1) is 33.2. The Morgan fingerprint density at radius 1 is 0.951 bits per heavy atom. The van der Waals surface area contributed by atoms with E-state index in [1.165, 1.54) is 4.90 Å². The largest absolute Gasteiger partial charge is 0.465 e. The van der Waals surface area contributed by atoms with Gasteiger partial charge in [0.2, 0.25) is 5.91 Å². The number of hydrogen-bond acceptors (Lipinski definition) is 12. The fourth-order valence-corrected chi connectivity index (χ4v) is 4.35. The first-order valence-electron chi connectivity index (χ1n) is 13.7. The van der Waals surface area contributed by atoms with Crippen molar-refractivity contribution < 1.29 is 43.7 Å². The van der Waals surface area contributed by atoms with E-state index in [2.05, 4.69) is 15.0 Å². The molecule has 0 saturated carbocycles. The van der Waals surface area contributed by atoms with E-state index in [4.69, 9.17) is 9.47 Å². The van der Waals surface area contributed by atoms with Gasteiger partial charge in [0, 0.05) is 6.54 Å². The van der Waals surface area contributed by atoms with Crippen LogP contribution in [0.1, 0.15) is 57.4 Å². The highest BCUT2D eigenvalue weighted by atomic mass is 17.0. The van der Waals surface area contributed by atoms with E-state index in [1.807, 2.05) is 30.3 Å². The lowest BCUT2D eigenvalue weighted by Gasteiger charge is -2.28. The van der Waals surface area contributed by atoms with Gasteiger partial charge in [0.1, 0.15) is 12.1 Å². The molecule has 1 aliphatic heterocycles. The number of hydrogen-bond donors (Lipinski definition) is 1. The highest BCUT2D eigenvalue weighted by molar-refractivity contribution is 5.88. The van der Waals surface area contributed by atoms with Crippen LogP contribution in [0.3, 0.4) is 0 Å². The number of amides is 1. The van der Waals surface area contributed by atoms with Crippen LogP contribution in [0.5, 0.6) is 0 Å². The number of carbonyl (C=O) groups excluding carboxylic acids is 3. The minimum atomic E-state index is -0.882. The van der Waals surface area contributed by atoms with Crippen molar-refractivity contribution in [3.63, 3.8) is 0 Å². The maximum atomic E-state index is 13.3. The normalized spacial score (nSPS) is 15.9. The van der Waals surface area contributed by atoms with Crippen LogP contribution in [-0.4, -0.2) is 84.0 Å². The van der Waals surface area contributed by atoms with Gasteiger partial charge in [-0.1, -0.05) is 30.3 Å². The van der Waals surface area contributed by atoms with Crippen molar-refractivity contribution in [1.29, 1.82) is 0 Å². The molecular weight excluding hydrogens is 544 g/mol. The fraction of sp³-hybridized carbons (Fsp3) is 0.654. The van der Waals surface area contributed by atoms with Crippen molar-refractivity contribution in [2.75, 3.05) is 33.0 Å². The summed E-state index contributed by atoms with van der Waals surface area (Å²) in [6, 6.07) is 7.18. The maximum absolute atomic E-state index is 13.3. The Labute approximate surface area is 237 Å². The summed E-state index contributed by atoms with van der Waals surface area (Å²) in [7, 11) is 0. The number of carbonyl (C=O) groups is 3. The lowest BCUT2D eigenvalue weighted by Crippen LogP contribution is -2.53. The molecule has 1 heterocycles. The Kier molecular flexibility index (Phi) is 14.9. The lowest BCUT2D eigenvalue weighted by atomic mass is 10.0. The molecule has 0 bridgehead atoms. The molecular formula is C26H38N4O11. The van der Waals surface area contributed by atoms with Crippen LogP contribution in [0.25, 0.3) is 0 Å². The molecule has 228 valence electrons. The molecule has 0 radical (unpaired) electrons. The molecule has 1 saturated heterocycles. The van der Waals surface area contributed by atoms with E-state index in [9.17, 15) is 34.6 Å². The molecule has 1 N–H and O–H groups in total. The highest BCUT2D eigenvalue weighted by Gasteiger charge is 2.38. The second-order valence-electron chi connectivity index (χ2n) is 9.52. The van der Waals surface area contributed by atoms with Crippen LogP contribution in [0.15, 0.2) is 30.3 Å². The van der Waals surface area contributed by atoms with Crippen LogP contribution in [0, 0.1) is 20.2 Å². The summed E-state index contributed by atoms with van der Waals surface area (Å²) in [4.78, 5) is 69.2. The van der Waals surface area contributed by atoms with Crippen molar-refractivity contribution in [3.8, 4) is 0 Å². The molecule has 1 aliphatic rings. The molecule has 1 aromatic rings. The fourth-order valence-electron chi connectivity index (χ4n) is 4.35. The monoisotopic (exact) mass is 582 g/mol. The van der Waals surface area contributed by atoms with E-state index in [0.29, 0.717) is 57.9 Å². The Bertz CT molecular complexity index is 995. The third-order valence-electron chi connectivity index (χ3n) is 6.44. The number of likely N-dealkylation sites (tertiary alicyclic amines) is 1. The van der Waals surface area contributed by atoms with Crippen LogP contribution in [0.2, 0.25) is 0 Å². The molecule has 15 nitrogen and oxygen atoms in total. The van der Waals surface area contributed by atoms with Crippen molar-refractivity contribution in [1.82, 2.24) is 10.2 Å². The molecule has 1 fully saturated rings. The van der Waals surface area contributed by atoms with Gasteiger partial charge in [-0.2, -0.15) is 0 Å². The Hall–Kier alpha value is -4.01. The van der Waals surface area contributed by atoms with Crippen molar-refractivity contribution in [2.24, 2.45) is 0 Å². The van der Waals surface area contributed by atoms with Crippen LogP contribution < -0.4 is 5.32 Å². The number of ether oxygens (including phenoxy) is 2. The van der Waals surface area contributed by atoms with E-state index in [-0.39, 0.29) is 32.3 Å². The first-order chi connectivity index (χ1) is 19.7. The van der Waals surface area contributed by atoms with Gasteiger partial charge < -0.3 is 24.0 Å². The zero-order chi connectivity index (χ0) is 30.0. The van der Waals surface area contributed by atoms with E-state index in [1.54, 1.807) is 6.92 Å². The zero-order valence-electron chi connectivity index (χ0n) is 23.1. The molecule has 0 aliphatic carbocycles. The zero-order valence-corrected chi connectivity index (χ0v) is 23.1. The van der Waals surface area contributed by atoms with Gasteiger partial charge in [-0.3, -0.25) is 14.9 Å². The summed E-state index contributed by atoms with van der Waals surface area (Å²) in [5, 5.41) is 21.7. The maximum Gasteiger partial charge on any atom is 0.328 e. The van der Waals surface area contributed by atoms with E-state index >= 15 is 0 Å². The minimum Gasteiger partial charge on any atom is -0.465 e. The summed E-state index contributed by atoms with van der Waals surface area (Å²) in [6.45, 7) is 1.90. The van der Waals surface area contributed by atoms with Crippen LogP contribution in [-0.2, 0) is 40.0 Å². The molecule has 0 aromatic heterocycles. The van der Waals surface area contributed by atoms with Gasteiger partial charge in [-0.05, 0) is 63.9 Å². The second kappa shape index (κ2) is 18.4. The molecule has 3 atom stereocenters. The van der Waals surface area contributed by atoms with Crippen molar-refractivity contribution in [3.05, 3.63) is 56.1 Å². The molecule has 15 heteroatoms. The number of nitrogens with one attached hydrogen (secondary N) is 1. The van der Waals surface area contributed by atoms with Gasteiger partial charge in [0.15, 0.2) is 0 Å². The second-order valence-corrected chi connectivity index (χ2v) is 9.52. The molecule has 1 aromatic carbocycles. The van der Waals surface area contributed by atoms with E-state index < -0.39 is 40.2 Å². The molecule has 3 unspecified atom stereocenters. The first-order valence-corrected chi connectivity index (χ1v) is 13.7. The lowest BCUT2D eigenvalue weighted by molar-refractivity contribution is -0.757. The summed E-state index contributed by atoms with van der Waals surface area (Å²) >= 11 is 0. The minimum absolute atomic E-state index is 0.0456.